The first-order chi connectivity index (χ1) is 14.2. The van der Waals surface area contributed by atoms with E-state index >= 15 is 0 Å². The number of amides is 1. The van der Waals surface area contributed by atoms with Gasteiger partial charge >= 0.3 is 0 Å². The van der Waals surface area contributed by atoms with Gasteiger partial charge in [0.2, 0.25) is 0 Å². The maximum Gasteiger partial charge on any atom is 0.257 e. The standard InChI is InChI=1S/C21H25N3O4S/c1-26-15-5-6-16(19(12-15)27-2)17-13-18(20-4-3-11-29-20)24(22-17)21(25)14-23-7-9-28-10-8-23/h3-6,11-12,18H,7-10,13-14H2,1-2H3/t18-/m1/s1. The first-order valence-corrected chi connectivity index (χ1v) is 10.5. The Bertz CT molecular complexity index is 878. The second-order valence-corrected chi connectivity index (χ2v) is 7.95. The van der Waals surface area contributed by atoms with Crippen LogP contribution in [0.1, 0.15) is 22.9 Å². The molecule has 2 aliphatic heterocycles. The van der Waals surface area contributed by atoms with Crippen LogP contribution in [0, 0.1) is 0 Å². The van der Waals surface area contributed by atoms with Gasteiger partial charge in [0.05, 0.1) is 45.7 Å². The highest BCUT2D eigenvalue weighted by molar-refractivity contribution is 7.10. The van der Waals surface area contributed by atoms with Gasteiger partial charge in [-0.15, -0.1) is 11.3 Å². The summed E-state index contributed by atoms with van der Waals surface area (Å²) in [5, 5.41) is 8.44. The van der Waals surface area contributed by atoms with Crippen LogP contribution in [0.4, 0.5) is 0 Å². The van der Waals surface area contributed by atoms with E-state index in [9.17, 15) is 4.79 Å². The molecular weight excluding hydrogens is 390 g/mol. The van der Waals surface area contributed by atoms with E-state index in [0.717, 1.165) is 35.0 Å². The maximum atomic E-state index is 13.1. The van der Waals surface area contributed by atoms with E-state index < -0.39 is 0 Å². The van der Waals surface area contributed by atoms with Gasteiger partial charge in [0, 0.05) is 36.0 Å². The Morgan fingerprint density at radius 1 is 1.24 bits per heavy atom. The summed E-state index contributed by atoms with van der Waals surface area (Å²) in [7, 11) is 3.26. The van der Waals surface area contributed by atoms with E-state index in [1.807, 2.05) is 29.6 Å². The molecule has 0 radical (unpaired) electrons. The Kier molecular flexibility index (Phi) is 6.13. The molecule has 2 aromatic rings. The zero-order valence-electron chi connectivity index (χ0n) is 16.7. The molecule has 1 aromatic heterocycles. The van der Waals surface area contributed by atoms with Crippen molar-refractivity contribution in [2.24, 2.45) is 5.10 Å². The van der Waals surface area contributed by atoms with Crippen LogP contribution in [-0.4, -0.2) is 68.6 Å². The third-order valence-corrected chi connectivity index (χ3v) is 6.19. The van der Waals surface area contributed by atoms with Crippen LogP contribution in [0.15, 0.2) is 40.8 Å². The molecule has 4 rings (SSSR count). The van der Waals surface area contributed by atoms with Crippen molar-refractivity contribution in [3.63, 3.8) is 0 Å². The van der Waals surface area contributed by atoms with Crippen LogP contribution < -0.4 is 9.47 Å². The molecule has 8 heteroatoms. The van der Waals surface area contributed by atoms with Crippen LogP contribution in [-0.2, 0) is 9.53 Å². The van der Waals surface area contributed by atoms with E-state index in [2.05, 4.69) is 11.0 Å². The number of nitrogens with zero attached hydrogens (tertiary/aromatic N) is 3. The van der Waals surface area contributed by atoms with Gasteiger partial charge in [-0.3, -0.25) is 9.69 Å². The number of rotatable bonds is 6. The fourth-order valence-corrected chi connectivity index (χ4v) is 4.48. The Morgan fingerprint density at radius 3 is 2.76 bits per heavy atom. The van der Waals surface area contributed by atoms with Crippen molar-refractivity contribution in [1.82, 2.24) is 9.91 Å². The zero-order chi connectivity index (χ0) is 20.2. The van der Waals surface area contributed by atoms with E-state index in [4.69, 9.17) is 19.3 Å². The van der Waals surface area contributed by atoms with Gasteiger partial charge in [0.1, 0.15) is 11.5 Å². The lowest BCUT2D eigenvalue weighted by molar-refractivity contribution is -0.135. The van der Waals surface area contributed by atoms with Gasteiger partial charge in [0.25, 0.3) is 5.91 Å². The number of hydrogen-bond acceptors (Lipinski definition) is 7. The molecule has 1 fully saturated rings. The summed E-state index contributed by atoms with van der Waals surface area (Å²) in [6.45, 7) is 3.22. The predicted octanol–water partition coefficient (Wildman–Crippen LogP) is 2.78. The summed E-state index contributed by atoms with van der Waals surface area (Å²) in [6.07, 6.45) is 0.651. The molecule has 0 N–H and O–H groups in total. The van der Waals surface area contributed by atoms with Crippen LogP contribution in [0.2, 0.25) is 0 Å². The maximum absolute atomic E-state index is 13.1. The number of thiophene rings is 1. The quantitative estimate of drug-likeness (QED) is 0.726. The second-order valence-electron chi connectivity index (χ2n) is 6.98. The highest BCUT2D eigenvalue weighted by Crippen LogP contribution is 2.37. The highest BCUT2D eigenvalue weighted by Gasteiger charge is 2.35. The first-order valence-electron chi connectivity index (χ1n) is 9.65. The molecule has 1 atom stereocenters. The number of carbonyl (C=O) groups is 1. The van der Waals surface area contributed by atoms with Gasteiger partial charge in [-0.25, -0.2) is 5.01 Å². The monoisotopic (exact) mass is 415 g/mol. The molecule has 0 unspecified atom stereocenters. The average Bonchev–Trinajstić information content (AvgIpc) is 3.44. The minimum Gasteiger partial charge on any atom is -0.497 e. The summed E-state index contributed by atoms with van der Waals surface area (Å²) in [4.78, 5) is 16.4. The van der Waals surface area contributed by atoms with Crippen LogP contribution in [0.5, 0.6) is 11.5 Å². The number of ether oxygens (including phenoxy) is 3. The summed E-state index contributed by atoms with van der Waals surface area (Å²) in [5.41, 5.74) is 1.73. The Morgan fingerprint density at radius 2 is 2.07 bits per heavy atom. The average molecular weight is 416 g/mol. The molecule has 0 aliphatic carbocycles. The fourth-order valence-electron chi connectivity index (χ4n) is 3.67. The van der Waals surface area contributed by atoms with Gasteiger partial charge < -0.3 is 14.2 Å². The predicted molar refractivity (Wildman–Crippen MR) is 112 cm³/mol. The van der Waals surface area contributed by atoms with E-state index in [1.165, 1.54) is 0 Å². The summed E-state index contributed by atoms with van der Waals surface area (Å²) in [6, 6.07) is 9.66. The van der Waals surface area contributed by atoms with Gasteiger partial charge in [-0.1, -0.05) is 6.07 Å². The van der Waals surface area contributed by atoms with E-state index in [0.29, 0.717) is 31.9 Å². The zero-order valence-corrected chi connectivity index (χ0v) is 17.5. The van der Waals surface area contributed by atoms with E-state index in [1.54, 1.807) is 30.6 Å². The molecule has 1 aromatic carbocycles. The number of morpholine rings is 1. The SMILES string of the molecule is COc1ccc(C2=NN(C(=O)CN3CCOCC3)[C@@H](c3cccs3)C2)c(OC)c1. The minimum atomic E-state index is -0.0923. The fraction of sp³-hybridized carbons (Fsp3) is 0.429. The lowest BCUT2D eigenvalue weighted by atomic mass is 10.0. The van der Waals surface area contributed by atoms with Gasteiger partial charge in [-0.2, -0.15) is 5.10 Å². The number of carbonyl (C=O) groups excluding carboxylic acids is 1. The van der Waals surface area contributed by atoms with Crippen LogP contribution >= 0.6 is 11.3 Å². The normalized spacial score (nSPS) is 19.9. The van der Waals surface area contributed by atoms with Crippen LogP contribution in [0.25, 0.3) is 0 Å². The lowest BCUT2D eigenvalue weighted by Crippen LogP contribution is -2.43. The van der Waals surface area contributed by atoms with Crippen molar-refractivity contribution in [3.8, 4) is 11.5 Å². The number of hydrogen-bond donors (Lipinski definition) is 0. The smallest absolute Gasteiger partial charge is 0.257 e. The Hall–Kier alpha value is -2.42. The van der Waals surface area contributed by atoms with Crippen molar-refractivity contribution in [3.05, 3.63) is 46.2 Å². The van der Waals surface area contributed by atoms with Crippen molar-refractivity contribution in [2.45, 2.75) is 12.5 Å². The Balaban J connectivity index is 1.61. The van der Waals surface area contributed by atoms with Gasteiger partial charge in [-0.05, 0) is 23.6 Å². The lowest BCUT2D eigenvalue weighted by Gasteiger charge is -2.28. The molecule has 7 nitrogen and oxygen atoms in total. The molecule has 1 amide bonds. The van der Waals surface area contributed by atoms with Crippen molar-refractivity contribution in [1.29, 1.82) is 0 Å². The molecule has 2 aliphatic rings. The van der Waals surface area contributed by atoms with E-state index in [-0.39, 0.29) is 11.9 Å². The van der Waals surface area contributed by atoms with Crippen molar-refractivity contribution >= 4 is 23.0 Å². The topological polar surface area (TPSA) is 63.6 Å². The Labute approximate surface area is 174 Å². The second kappa shape index (κ2) is 8.94. The third-order valence-electron chi connectivity index (χ3n) is 5.22. The van der Waals surface area contributed by atoms with Crippen molar-refractivity contribution < 1.29 is 19.0 Å². The largest absolute Gasteiger partial charge is 0.497 e. The summed E-state index contributed by atoms with van der Waals surface area (Å²) < 4.78 is 16.2. The molecule has 1 saturated heterocycles. The van der Waals surface area contributed by atoms with Crippen molar-refractivity contribution in [2.75, 3.05) is 47.1 Å². The number of methoxy groups -OCH3 is 2. The summed E-state index contributed by atoms with van der Waals surface area (Å²) >= 11 is 1.65. The van der Waals surface area contributed by atoms with Crippen LogP contribution in [0.3, 0.4) is 0 Å². The number of hydrazone groups is 1. The molecule has 3 heterocycles. The third kappa shape index (κ3) is 4.29. The molecular formula is C21H25N3O4S. The van der Waals surface area contributed by atoms with Gasteiger partial charge in [0.15, 0.2) is 0 Å². The highest BCUT2D eigenvalue weighted by atomic mass is 32.1. The molecule has 154 valence electrons. The first kappa shape index (κ1) is 19.9. The summed E-state index contributed by atoms with van der Waals surface area (Å²) in [5.74, 6) is 1.42. The number of benzene rings is 1. The molecule has 29 heavy (non-hydrogen) atoms. The minimum absolute atomic E-state index is 0.00720. The molecule has 0 bridgehead atoms. The molecule has 0 spiro atoms. The molecule has 0 saturated carbocycles.